The molecular formula is C9H5ClN2O2. The Bertz CT molecular complexity index is 513. The van der Waals surface area contributed by atoms with Gasteiger partial charge in [-0.3, -0.25) is 15.1 Å². The Balaban J connectivity index is 2.81. The first kappa shape index (κ1) is 8.90. The van der Waals surface area contributed by atoms with E-state index < -0.39 is 4.92 Å². The van der Waals surface area contributed by atoms with E-state index in [0.717, 1.165) is 0 Å². The van der Waals surface area contributed by atoms with Crippen molar-refractivity contribution in [2.45, 2.75) is 0 Å². The first-order valence-electron chi connectivity index (χ1n) is 3.87. The second-order valence-corrected chi connectivity index (χ2v) is 3.19. The number of fused-ring (bicyclic) bond motifs is 1. The number of aromatic nitrogens is 1. The molecule has 0 saturated carbocycles. The average molecular weight is 209 g/mol. The summed E-state index contributed by atoms with van der Waals surface area (Å²) < 4.78 is 0. The van der Waals surface area contributed by atoms with E-state index in [0.29, 0.717) is 15.9 Å². The summed E-state index contributed by atoms with van der Waals surface area (Å²) in [5, 5.41) is 11.7. The molecule has 2 aromatic rings. The number of nitro groups is 1. The molecule has 0 atom stereocenters. The fraction of sp³-hybridized carbons (Fsp3) is 0. The van der Waals surface area contributed by atoms with Crippen molar-refractivity contribution in [3.05, 3.63) is 45.6 Å². The Labute approximate surface area is 84.3 Å². The molecule has 0 unspecified atom stereocenters. The summed E-state index contributed by atoms with van der Waals surface area (Å²) in [7, 11) is 0. The molecule has 1 heterocycles. The third kappa shape index (κ3) is 1.40. The van der Waals surface area contributed by atoms with Crippen LogP contribution in [-0.2, 0) is 0 Å². The van der Waals surface area contributed by atoms with Crippen molar-refractivity contribution in [3.63, 3.8) is 0 Å². The van der Waals surface area contributed by atoms with Crippen molar-refractivity contribution in [2.24, 2.45) is 0 Å². The second-order valence-electron chi connectivity index (χ2n) is 2.75. The maximum Gasteiger partial charge on any atom is 0.280 e. The summed E-state index contributed by atoms with van der Waals surface area (Å²) in [6.45, 7) is 0. The van der Waals surface area contributed by atoms with E-state index in [1.165, 1.54) is 12.3 Å². The SMILES string of the molecule is O=[N+]([O-])c1ccnc2cc(Cl)ccc12. The van der Waals surface area contributed by atoms with Gasteiger partial charge in [0.15, 0.2) is 0 Å². The molecule has 70 valence electrons. The molecule has 0 bridgehead atoms. The number of pyridine rings is 1. The summed E-state index contributed by atoms with van der Waals surface area (Å²) in [6.07, 6.45) is 1.40. The van der Waals surface area contributed by atoms with Crippen LogP contribution in [0.3, 0.4) is 0 Å². The second kappa shape index (κ2) is 3.23. The number of hydrogen-bond acceptors (Lipinski definition) is 3. The lowest BCUT2D eigenvalue weighted by Gasteiger charge is -1.98. The first-order valence-corrected chi connectivity index (χ1v) is 4.25. The van der Waals surface area contributed by atoms with Crippen molar-refractivity contribution >= 4 is 28.2 Å². The molecule has 1 aromatic carbocycles. The fourth-order valence-corrected chi connectivity index (χ4v) is 1.43. The molecule has 0 aliphatic heterocycles. The van der Waals surface area contributed by atoms with E-state index in [-0.39, 0.29) is 5.69 Å². The van der Waals surface area contributed by atoms with Crippen molar-refractivity contribution in [2.75, 3.05) is 0 Å². The van der Waals surface area contributed by atoms with Crippen LogP contribution >= 0.6 is 11.6 Å². The number of nitrogens with zero attached hydrogens (tertiary/aromatic N) is 2. The van der Waals surface area contributed by atoms with E-state index in [2.05, 4.69) is 4.98 Å². The maximum absolute atomic E-state index is 10.6. The molecule has 0 amide bonds. The van der Waals surface area contributed by atoms with E-state index in [1.807, 2.05) is 0 Å². The fourth-order valence-electron chi connectivity index (χ4n) is 1.27. The predicted octanol–water partition coefficient (Wildman–Crippen LogP) is 2.80. The minimum Gasteiger partial charge on any atom is -0.258 e. The molecule has 0 N–H and O–H groups in total. The molecule has 0 saturated heterocycles. The van der Waals surface area contributed by atoms with Gasteiger partial charge in [0, 0.05) is 17.3 Å². The number of rotatable bonds is 1. The van der Waals surface area contributed by atoms with Crippen molar-refractivity contribution < 1.29 is 4.92 Å². The van der Waals surface area contributed by atoms with Gasteiger partial charge in [0.25, 0.3) is 5.69 Å². The van der Waals surface area contributed by atoms with Gasteiger partial charge in [0.2, 0.25) is 0 Å². The highest BCUT2D eigenvalue weighted by Crippen LogP contribution is 2.25. The Morgan fingerprint density at radius 2 is 2.14 bits per heavy atom. The molecule has 0 aliphatic carbocycles. The number of halogens is 1. The van der Waals surface area contributed by atoms with Gasteiger partial charge in [0.1, 0.15) is 0 Å². The molecule has 0 fully saturated rings. The van der Waals surface area contributed by atoms with Crippen molar-refractivity contribution in [1.82, 2.24) is 4.98 Å². The third-order valence-corrected chi connectivity index (χ3v) is 2.11. The van der Waals surface area contributed by atoms with Crippen LogP contribution in [0.4, 0.5) is 5.69 Å². The minimum atomic E-state index is -0.433. The normalized spacial score (nSPS) is 10.4. The summed E-state index contributed by atoms with van der Waals surface area (Å²) in [5.41, 5.74) is 0.582. The molecule has 0 radical (unpaired) electrons. The smallest absolute Gasteiger partial charge is 0.258 e. The summed E-state index contributed by atoms with van der Waals surface area (Å²) in [5.74, 6) is 0. The van der Waals surface area contributed by atoms with E-state index in [1.54, 1.807) is 18.2 Å². The zero-order chi connectivity index (χ0) is 10.1. The molecular weight excluding hydrogens is 204 g/mol. The van der Waals surface area contributed by atoms with Gasteiger partial charge in [-0.2, -0.15) is 0 Å². The summed E-state index contributed by atoms with van der Waals surface area (Å²) >= 11 is 5.74. The zero-order valence-electron chi connectivity index (χ0n) is 6.98. The van der Waals surface area contributed by atoms with Crippen molar-refractivity contribution in [1.29, 1.82) is 0 Å². The van der Waals surface area contributed by atoms with Crippen LogP contribution in [0.15, 0.2) is 30.5 Å². The van der Waals surface area contributed by atoms with Crippen LogP contribution in [0.1, 0.15) is 0 Å². The van der Waals surface area contributed by atoms with Gasteiger partial charge in [-0.25, -0.2) is 0 Å². The van der Waals surface area contributed by atoms with Crippen LogP contribution in [0.25, 0.3) is 10.9 Å². The molecule has 4 nitrogen and oxygen atoms in total. The number of benzene rings is 1. The maximum atomic E-state index is 10.6. The van der Waals surface area contributed by atoms with E-state index in [4.69, 9.17) is 11.6 Å². The van der Waals surface area contributed by atoms with Crippen LogP contribution < -0.4 is 0 Å². The highest BCUT2D eigenvalue weighted by atomic mass is 35.5. The quantitative estimate of drug-likeness (QED) is 0.535. The standard InChI is InChI=1S/C9H5ClN2O2/c10-6-1-2-7-8(5-6)11-4-3-9(7)12(13)14/h1-5H. The van der Waals surface area contributed by atoms with Gasteiger partial charge >= 0.3 is 0 Å². The lowest BCUT2D eigenvalue weighted by atomic mass is 10.2. The van der Waals surface area contributed by atoms with Gasteiger partial charge in [0.05, 0.1) is 15.8 Å². The Hall–Kier alpha value is -1.68. The molecule has 5 heteroatoms. The van der Waals surface area contributed by atoms with Gasteiger partial charge < -0.3 is 0 Å². The highest BCUT2D eigenvalue weighted by Gasteiger charge is 2.11. The third-order valence-electron chi connectivity index (χ3n) is 1.88. The largest absolute Gasteiger partial charge is 0.280 e. The monoisotopic (exact) mass is 208 g/mol. The van der Waals surface area contributed by atoms with E-state index in [9.17, 15) is 10.1 Å². The number of hydrogen-bond donors (Lipinski definition) is 0. The van der Waals surface area contributed by atoms with Gasteiger partial charge in [-0.15, -0.1) is 0 Å². The topological polar surface area (TPSA) is 56.0 Å². The average Bonchev–Trinajstić information content (AvgIpc) is 2.16. The Kier molecular flexibility index (Phi) is 2.05. The lowest BCUT2D eigenvalue weighted by molar-refractivity contribution is -0.383. The lowest BCUT2D eigenvalue weighted by Crippen LogP contribution is -1.90. The summed E-state index contributed by atoms with van der Waals surface area (Å²) in [6, 6.07) is 6.18. The molecule has 1 aromatic heterocycles. The highest BCUT2D eigenvalue weighted by molar-refractivity contribution is 6.31. The van der Waals surface area contributed by atoms with E-state index >= 15 is 0 Å². The van der Waals surface area contributed by atoms with Crippen molar-refractivity contribution in [3.8, 4) is 0 Å². The summed E-state index contributed by atoms with van der Waals surface area (Å²) in [4.78, 5) is 14.2. The van der Waals surface area contributed by atoms with Crippen LogP contribution in [0.2, 0.25) is 5.02 Å². The van der Waals surface area contributed by atoms with Gasteiger partial charge in [-0.1, -0.05) is 11.6 Å². The van der Waals surface area contributed by atoms with Gasteiger partial charge in [-0.05, 0) is 18.2 Å². The molecule has 0 aliphatic rings. The predicted molar refractivity (Wildman–Crippen MR) is 53.4 cm³/mol. The Morgan fingerprint density at radius 1 is 1.36 bits per heavy atom. The first-order chi connectivity index (χ1) is 6.68. The zero-order valence-corrected chi connectivity index (χ0v) is 7.73. The Morgan fingerprint density at radius 3 is 2.86 bits per heavy atom. The van der Waals surface area contributed by atoms with Crippen LogP contribution in [0.5, 0.6) is 0 Å². The molecule has 14 heavy (non-hydrogen) atoms. The molecule has 0 spiro atoms. The van der Waals surface area contributed by atoms with Crippen LogP contribution in [-0.4, -0.2) is 9.91 Å². The minimum absolute atomic E-state index is 0.0478. The van der Waals surface area contributed by atoms with Crippen LogP contribution in [0, 0.1) is 10.1 Å². The molecule has 2 rings (SSSR count).